The number of hydrogen-bond donors (Lipinski definition) is 2. The third-order valence-electron chi connectivity index (χ3n) is 5.45. The minimum absolute atomic E-state index is 0.820. The Morgan fingerprint density at radius 2 is 1.00 bits per heavy atom. The fourth-order valence-corrected chi connectivity index (χ4v) is 4.06. The van der Waals surface area contributed by atoms with Crippen LogP contribution in [0.4, 0.5) is 0 Å². The lowest BCUT2D eigenvalue weighted by Crippen LogP contribution is -1.95. The van der Waals surface area contributed by atoms with Crippen molar-refractivity contribution in [2.75, 3.05) is 0 Å². The van der Waals surface area contributed by atoms with Crippen molar-refractivity contribution in [1.29, 1.82) is 0 Å². The maximum Gasteiger partial charge on any atom is 0.107 e. The van der Waals surface area contributed by atoms with Gasteiger partial charge in [0.1, 0.15) is 11.6 Å². The van der Waals surface area contributed by atoms with Crippen LogP contribution in [0.1, 0.15) is 11.6 Å². The number of imidazole rings is 2. The summed E-state index contributed by atoms with van der Waals surface area (Å²) in [6.07, 6.45) is 1.64. The van der Waals surface area contributed by atoms with Gasteiger partial charge in [-0.1, -0.05) is 60.7 Å². The van der Waals surface area contributed by atoms with E-state index in [2.05, 4.69) is 82.8 Å². The maximum atomic E-state index is 4.86. The highest BCUT2D eigenvalue weighted by molar-refractivity contribution is 6.04. The second-order valence-electron chi connectivity index (χ2n) is 7.23. The van der Waals surface area contributed by atoms with E-state index in [1.807, 2.05) is 0 Å². The van der Waals surface area contributed by atoms with Crippen LogP contribution in [0.2, 0.25) is 0 Å². The number of aryl methyl sites for hydroxylation is 2. The Morgan fingerprint density at radius 3 is 1.50 bits per heavy atom. The first-order chi connectivity index (χ1) is 13.8. The molecule has 4 aromatic carbocycles. The van der Waals surface area contributed by atoms with Crippen molar-refractivity contribution >= 4 is 43.6 Å². The van der Waals surface area contributed by atoms with Gasteiger partial charge in [-0.05, 0) is 22.9 Å². The first-order valence-corrected chi connectivity index (χ1v) is 9.58. The summed E-state index contributed by atoms with van der Waals surface area (Å²) in [4.78, 5) is 16.7. The molecule has 0 aliphatic rings. The molecule has 0 saturated heterocycles. The fraction of sp³-hybridized carbons (Fsp3) is 0.0833. The Morgan fingerprint density at radius 1 is 0.536 bits per heavy atom. The lowest BCUT2D eigenvalue weighted by atomic mass is 10.1. The Bertz CT molecular complexity index is 1360. The molecule has 0 amide bonds. The molecule has 0 aliphatic heterocycles. The first-order valence-electron chi connectivity index (χ1n) is 9.58. The van der Waals surface area contributed by atoms with E-state index in [0.717, 1.165) is 46.6 Å². The van der Waals surface area contributed by atoms with E-state index in [0.29, 0.717) is 0 Å². The van der Waals surface area contributed by atoms with Crippen molar-refractivity contribution in [3.8, 4) is 0 Å². The molecule has 0 spiro atoms. The Balaban J connectivity index is 1.34. The molecule has 0 unspecified atom stereocenters. The largest absolute Gasteiger partial charge is 0.342 e. The van der Waals surface area contributed by atoms with Crippen LogP contribution in [-0.4, -0.2) is 19.9 Å². The molecule has 6 rings (SSSR count). The van der Waals surface area contributed by atoms with Crippen LogP contribution >= 0.6 is 0 Å². The van der Waals surface area contributed by atoms with E-state index >= 15 is 0 Å². The number of rotatable bonds is 3. The number of nitrogens with zero attached hydrogens (tertiary/aromatic N) is 2. The number of fused-ring (bicyclic) bond motifs is 6. The van der Waals surface area contributed by atoms with Gasteiger partial charge in [0, 0.05) is 23.6 Å². The average molecular weight is 362 g/mol. The summed E-state index contributed by atoms with van der Waals surface area (Å²) in [5.74, 6) is 1.99. The summed E-state index contributed by atoms with van der Waals surface area (Å²) >= 11 is 0. The summed E-state index contributed by atoms with van der Waals surface area (Å²) in [5, 5.41) is 4.82. The summed E-state index contributed by atoms with van der Waals surface area (Å²) in [5.41, 5.74) is 4.26. The minimum atomic E-state index is 0.820. The highest BCUT2D eigenvalue weighted by Crippen LogP contribution is 2.25. The van der Waals surface area contributed by atoms with E-state index in [4.69, 9.17) is 9.97 Å². The van der Waals surface area contributed by atoms with E-state index in [1.165, 1.54) is 21.5 Å². The van der Waals surface area contributed by atoms with Gasteiger partial charge in [0.25, 0.3) is 0 Å². The molecule has 0 saturated carbocycles. The number of H-pyrrole nitrogens is 2. The van der Waals surface area contributed by atoms with Gasteiger partial charge in [0.05, 0.1) is 22.1 Å². The van der Waals surface area contributed by atoms with Crippen molar-refractivity contribution in [2.24, 2.45) is 0 Å². The van der Waals surface area contributed by atoms with Crippen LogP contribution in [0.15, 0.2) is 72.8 Å². The summed E-state index contributed by atoms with van der Waals surface area (Å²) in [6, 6.07) is 25.3. The standard InChI is InChI=1S/C24H18N4/c1-3-7-17-15(5-1)9-11-19-23(17)27-21(25-19)13-14-22-26-20-12-10-16-6-2-4-8-18(16)24(20)28-22/h1-12H,13-14H2,(H,25,27)(H,26,28). The van der Waals surface area contributed by atoms with Crippen LogP contribution in [0.3, 0.4) is 0 Å². The second-order valence-corrected chi connectivity index (χ2v) is 7.23. The fourth-order valence-electron chi connectivity index (χ4n) is 4.06. The molecule has 0 fully saturated rings. The summed E-state index contributed by atoms with van der Waals surface area (Å²) in [6.45, 7) is 0. The molecule has 0 radical (unpaired) electrons. The lowest BCUT2D eigenvalue weighted by molar-refractivity contribution is 0.844. The number of benzene rings is 4. The molecule has 6 aromatic rings. The van der Waals surface area contributed by atoms with Gasteiger partial charge in [0.2, 0.25) is 0 Å². The van der Waals surface area contributed by atoms with Gasteiger partial charge in [-0.25, -0.2) is 9.97 Å². The van der Waals surface area contributed by atoms with Crippen molar-refractivity contribution < 1.29 is 0 Å². The van der Waals surface area contributed by atoms with Gasteiger partial charge in [-0.3, -0.25) is 0 Å². The highest BCUT2D eigenvalue weighted by atomic mass is 14.9. The number of aromatic amines is 2. The van der Waals surface area contributed by atoms with E-state index < -0.39 is 0 Å². The van der Waals surface area contributed by atoms with E-state index in [1.54, 1.807) is 0 Å². The molecule has 0 atom stereocenters. The Hall–Kier alpha value is -3.66. The highest BCUT2D eigenvalue weighted by Gasteiger charge is 2.10. The third-order valence-corrected chi connectivity index (χ3v) is 5.45. The Labute approximate surface area is 161 Å². The normalized spacial score (nSPS) is 11.9. The number of aromatic nitrogens is 4. The summed E-state index contributed by atoms with van der Waals surface area (Å²) in [7, 11) is 0. The molecule has 0 aliphatic carbocycles. The molecule has 2 heterocycles. The molecule has 4 heteroatoms. The average Bonchev–Trinajstić information content (AvgIpc) is 3.36. The van der Waals surface area contributed by atoms with Crippen LogP contribution in [-0.2, 0) is 12.8 Å². The van der Waals surface area contributed by atoms with E-state index in [-0.39, 0.29) is 0 Å². The zero-order chi connectivity index (χ0) is 18.5. The predicted molar refractivity (Wildman–Crippen MR) is 115 cm³/mol. The van der Waals surface area contributed by atoms with E-state index in [9.17, 15) is 0 Å². The predicted octanol–water partition coefficient (Wildman–Crippen LogP) is 5.53. The van der Waals surface area contributed by atoms with Crippen molar-refractivity contribution in [2.45, 2.75) is 12.8 Å². The molecule has 4 nitrogen and oxygen atoms in total. The summed E-state index contributed by atoms with van der Waals surface area (Å²) < 4.78 is 0. The number of nitrogens with one attached hydrogen (secondary N) is 2. The van der Waals surface area contributed by atoms with Gasteiger partial charge in [0.15, 0.2) is 0 Å². The van der Waals surface area contributed by atoms with Gasteiger partial charge in [-0.15, -0.1) is 0 Å². The van der Waals surface area contributed by atoms with Crippen molar-refractivity contribution in [3.05, 3.63) is 84.4 Å². The van der Waals surface area contributed by atoms with Gasteiger partial charge in [-0.2, -0.15) is 0 Å². The molecule has 28 heavy (non-hydrogen) atoms. The molecular weight excluding hydrogens is 344 g/mol. The zero-order valence-electron chi connectivity index (χ0n) is 15.2. The zero-order valence-corrected chi connectivity index (χ0v) is 15.2. The quantitative estimate of drug-likeness (QED) is 0.435. The molecule has 0 bridgehead atoms. The van der Waals surface area contributed by atoms with Gasteiger partial charge >= 0.3 is 0 Å². The van der Waals surface area contributed by atoms with Crippen LogP contribution in [0, 0.1) is 0 Å². The molecule has 2 N–H and O–H groups in total. The lowest BCUT2D eigenvalue weighted by Gasteiger charge is -1.96. The second kappa shape index (κ2) is 5.92. The van der Waals surface area contributed by atoms with Crippen LogP contribution < -0.4 is 0 Å². The SMILES string of the molecule is c1ccc2c(c1)ccc1[nH]c(CCc3nc4c(ccc5ccccc54)[nH]3)nc12. The van der Waals surface area contributed by atoms with Crippen molar-refractivity contribution in [1.82, 2.24) is 19.9 Å². The molecule has 2 aromatic heterocycles. The first kappa shape index (κ1) is 15.4. The number of hydrogen-bond acceptors (Lipinski definition) is 2. The molecular formula is C24H18N4. The van der Waals surface area contributed by atoms with Gasteiger partial charge < -0.3 is 9.97 Å². The minimum Gasteiger partial charge on any atom is -0.342 e. The topological polar surface area (TPSA) is 57.4 Å². The van der Waals surface area contributed by atoms with Crippen LogP contribution in [0.25, 0.3) is 43.6 Å². The van der Waals surface area contributed by atoms with Crippen LogP contribution in [0.5, 0.6) is 0 Å². The smallest absolute Gasteiger partial charge is 0.107 e. The third kappa shape index (κ3) is 2.38. The van der Waals surface area contributed by atoms with Crippen molar-refractivity contribution in [3.63, 3.8) is 0 Å². The monoisotopic (exact) mass is 362 g/mol. The maximum absolute atomic E-state index is 4.86. The Kier molecular flexibility index (Phi) is 3.26. The molecule has 134 valence electrons.